The van der Waals surface area contributed by atoms with Crippen molar-refractivity contribution in [1.29, 1.82) is 0 Å². The molecule has 44 heavy (non-hydrogen) atoms. The van der Waals surface area contributed by atoms with Gasteiger partial charge in [0.05, 0.1) is 25.0 Å². The number of aromatic amines is 1. The Kier molecular flexibility index (Phi) is 9.31. The predicted molar refractivity (Wildman–Crippen MR) is 174 cm³/mol. The summed E-state index contributed by atoms with van der Waals surface area (Å²) in [5.74, 6) is 1.68. The SMILES string of the molecule is CCCCCC1N=C2C(=CN(C(C)c3ccccc3)CN2CCOC)N1Cc1ccc(-c2ccccc2-c2nn[nH]n2)cc1. The van der Waals surface area contributed by atoms with Gasteiger partial charge in [-0.05, 0) is 47.2 Å². The van der Waals surface area contributed by atoms with E-state index < -0.39 is 0 Å². The van der Waals surface area contributed by atoms with E-state index in [1.54, 1.807) is 7.11 Å². The Morgan fingerprint density at radius 3 is 2.45 bits per heavy atom. The number of fused-ring (bicyclic) bond motifs is 1. The van der Waals surface area contributed by atoms with Crippen LogP contribution >= 0.6 is 0 Å². The first-order valence-electron chi connectivity index (χ1n) is 15.7. The number of H-pyrrole nitrogens is 1. The van der Waals surface area contributed by atoms with Gasteiger partial charge in [-0.2, -0.15) is 5.21 Å². The molecule has 228 valence electrons. The van der Waals surface area contributed by atoms with Crippen LogP contribution in [0.4, 0.5) is 0 Å². The summed E-state index contributed by atoms with van der Waals surface area (Å²) in [7, 11) is 1.77. The number of nitrogens with zero attached hydrogens (tertiary/aromatic N) is 7. The second kappa shape index (κ2) is 13.9. The molecule has 0 aliphatic carbocycles. The largest absolute Gasteiger partial charge is 0.383 e. The molecule has 3 aromatic carbocycles. The Morgan fingerprint density at radius 2 is 1.73 bits per heavy atom. The average Bonchev–Trinajstić information content (AvgIpc) is 3.73. The van der Waals surface area contributed by atoms with Crippen molar-refractivity contribution in [2.24, 2.45) is 4.99 Å². The van der Waals surface area contributed by atoms with Gasteiger partial charge >= 0.3 is 0 Å². The Hall–Kier alpha value is -4.50. The molecule has 9 heteroatoms. The summed E-state index contributed by atoms with van der Waals surface area (Å²) >= 11 is 0. The van der Waals surface area contributed by atoms with E-state index in [0.717, 1.165) is 55.1 Å². The predicted octanol–water partition coefficient (Wildman–Crippen LogP) is 6.48. The maximum Gasteiger partial charge on any atom is 0.205 e. The number of tetrazole rings is 1. The van der Waals surface area contributed by atoms with Gasteiger partial charge in [0.2, 0.25) is 5.82 Å². The molecular formula is C35H42N8O. The second-order valence-corrected chi connectivity index (χ2v) is 11.5. The van der Waals surface area contributed by atoms with E-state index in [1.165, 1.54) is 29.7 Å². The number of rotatable bonds is 13. The minimum atomic E-state index is 0.110. The van der Waals surface area contributed by atoms with E-state index >= 15 is 0 Å². The van der Waals surface area contributed by atoms with E-state index in [9.17, 15) is 0 Å². The second-order valence-electron chi connectivity index (χ2n) is 11.5. The lowest BCUT2D eigenvalue weighted by Crippen LogP contribution is -2.47. The van der Waals surface area contributed by atoms with Gasteiger partial charge < -0.3 is 19.4 Å². The molecule has 0 bridgehead atoms. The first-order chi connectivity index (χ1) is 21.7. The number of nitrogens with one attached hydrogen (secondary N) is 1. The monoisotopic (exact) mass is 590 g/mol. The Balaban J connectivity index is 1.30. The van der Waals surface area contributed by atoms with E-state index in [0.29, 0.717) is 12.4 Å². The number of hydrogen-bond acceptors (Lipinski definition) is 8. The highest BCUT2D eigenvalue weighted by Crippen LogP contribution is 2.35. The number of ether oxygens (including phenoxy) is 1. The third-order valence-corrected chi connectivity index (χ3v) is 8.63. The molecule has 0 saturated heterocycles. The van der Waals surface area contributed by atoms with Crippen molar-refractivity contribution in [3.8, 4) is 22.5 Å². The van der Waals surface area contributed by atoms with E-state index in [1.807, 2.05) is 18.2 Å². The fraction of sp³-hybridized carbons (Fsp3) is 0.371. The maximum absolute atomic E-state index is 5.52. The van der Waals surface area contributed by atoms with Gasteiger partial charge in [0.1, 0.15) is 6.17 Å². The van der Waals surface area contributed by atoms with Crippen LogP contribution < -0.4 is 0 Å². The zero-order valence-electron chi connectivity index (χ0n) is 25.9. The van der Waals surface area contributed by atoms with Gasteiger partial charge in [0, 0.05) is 32.0 Å². The smallest absolute Gasteiger partial charge is 0.205 e. The van der Waals surface area contributed by atoms with Gasteiger partial charge in [-0.15, -0.1) is 10.2 Å². The third kappa shape index (κ3) is 6.38. The Labute approximate surface area is 260 Å². The number of aliphatic imine (C=N–C) groups is 1. The quantitative estimate of drug-likeness (QED) is 0.178. The van der Waals surface area contributed by atoms with Crippen molar-refractivity contribution in [3.63, 3.8) is 0 Å². The molecular weight excluding hydrogens is 548 g/mol. The standard InChI is InChI=1S/C35H42N8O/c1-4-5-7-16-33-36-35-32(24-42(25-41(35)21-22-44-3)26(2)28-12-8-6-9-13-28)43(33)23-27-17-19-29(20-18-27)30-14-10-11-15-31(30)34-37-39-40-38-34/h6,8-15,17-20,24,26,33H,4-5,7,16,21-23,25H2,1-3H3,(H,37,38,39,40). The fourth-order valence-electron chi connectivity index (χ4n) is 6.12. The molecule has 2 atom stereocenters. The lowest BCUT2D eigenvalue weighted by Gasteiger charge is -2.41. The van der Waals surface area contributed by atoms with Crippen molar-refractivity contribution >= 4 is 5.84 Å². The molecule has 0 radical (unpaired) electrons. The molecule has 4 aromatic rings. The van der Waals surface area contributed by atoms with Crippen molar-refractivity contribution < 1.29 is 4.74 Å². The summed E-state index contributed by atoms with van der Waals surface area (Å²) in [6.07, 6.45) is 7.06. The Morgan fingerprint density at radius 1 is 0.955 bits per heavy atom. The van der Waals surface area contributed by atoms with E-state index in [-0.39, 0.29) is 12.2 Å². The van der Waals surface area contributed by atoms with Gasteiger partial charge in [-0.3, -0.25) is 0 Å². The first-order valence-corrected chi connectivity index (χ1v) is 15.7. The van der Waals surface area contributed by atoms with Crippen LogP contribution in [0.5, 0.6) is 0 Å². The van der Waals surface area contributed by atoms with Crippen LogP contribution in [0.25, 0.3) is 22.5 Å². The van der Waals surface area contributed by atoms with Crippen molar-refractivity contribution in [2.75, 3.05) is 26.9 Å². The van der Waals surface area contributed by atoms with Crippen molar-refractivity contribution in [3.05, 3.63) is 102 Å². The molecule has 1 N–H and O–H groups in total. The number of methoxy groups -OCH3 is 1. The van der Waals surface area contributed by atoms with E-state index in [4.69, 9.17) is 9.73 Å². The molecule has 2 aliphatic rings. The van der Waals surface area contributed by atoms with Crippen LogP contribution in [0.1, 0.15) is 56.7 Å². The third-order valence-electron chi connectivity index (χ3n) is 8.63. The molecule has 0 amide bonds. The fourth-order valence-corrected chi connectivity index (χ4v) is 6.12. The summed E-state index contributed by atoms with van der Waals surface area (Å²) in [5.41, 5.74) is 6.91. The molecule has 0 fully saturated rings. The van der Waals surface area contributed by atoms with Crippen molar-refractivity contribution in [2.45, 2.75) is 58.3 Å². The summed E-state index contributed by atoms with van der Waals surface area (Å²) in [4.78, 5) is 12.7. The average molecular weight is 591 g/mol. The number of amidine groups is 1. The summed E-state index contributed by atoms with van der Waals surface area (Å²) < 4.78 is 5.52. The molecule has 2 aliphatic heterocycles. The van der Waals surface area contributed by atoms with Crippen LogP contribution in [0.15, 0.2) is 95.8 Å². The Bertz CT molecular complexity index is 1550. The lowest BCUT2D eigenvalue weighted by atomic mass is 9.98. The minimum Gasteiger partial charge on any atom is -0.383 e. The highest BCUT2D eigenvalue weighted by molar-refractivity contribution is 6.00. The molecule has 1 aromatic heterocycles. The number of unbranched alkanes of at least 4 members (excludes halogenated alkanes) is 2. The van der Waals surface area contributed by atoms with Crippen LogP contribution in [0.3, 0.4) is 0 Å². The summed E-state index contributed by atoms with van der Waals surface area (Å²) in [5, 5.41) is 14.7. The topological polar surface area (TPSA) is 85.8 Å². The number of benzene rings is 3. The number of aromatic nitrogens is 4. The molecule has 6 rings (SSSR count). The van der Waals surface area contributed by atoms with Gasteiger partial charge in [0.25, 0.3) is 0 Å². The van der Waals surface area contributed by atoms with Crippen molar-refractivity contribution in [1.82, 2.24) is 35.3 Å². The maximum atomic E-state index is 5.52. The highest BCUT2D eigenvalue weighted by Gasteiger charge is 2.37. The van der Waals surface area contributed by atoms with Gasteiger partial charge in [-0.25, -0.2) is 4.99 Å². The molecule has 2 unspecified atom stereocenters. The van der Waals surface area contributed by atoms with Crippen LogP contribution in [-0.4, -0.2) is 74.3 Å². The summed E-state index contributed by atoms with van der Waals surface area (Å²) in [6.45, 7) is 7.57. The van der Waals surface area contributed by atoms with E-state index in [2.05, 4.69) is 116 Å². The highest BCUT2D eigenvalue weighted by atomic mass is 16.5. The summed E-state index contributed by atoms with van der Waals surface area (Å²) in [6, 6.07) is 28.0. The normalized spacial score (nSPS) is 17.0. The van der Waals surface area contributed by atoms with Crippen LogP contribution in [0, 0.1) is 0 Å². The minimum absolute atomic E-state index is 0.110. The van der Waals surface area contributed by atoms with Crippen LogP contribution in [0.2, 0.25) is 0 Å². The molecule has 9 nitrogen and oxygen atoms in total. The molecule has 3 heterocycles. The van der Waals surface area contributed by atoms with Gasteiger partial charge in [-0.1, -0.05) is 98.6 Å². The lowest BCUT2D eigenvalue weighted by molar-refractivity contribution is 0.135. The number of hydrogen-bond donors (Lipinski definition) is 1. The first kappa shape index (κ1) is 29.6. The zero-order valence-corrected chi connectivity index (χ0v) is 25.9. The van der Waals surface area contributed by atoms with Crippen LogP contribution in [-0.2, 0) is 11.3 Å². The molecule has 0 spiro atoms. The van der Waals surface area contributed by atoms with Gasteiger partial charge in [0.15, 0.2) is 5.84 Å². The molecule has 0 saturated carbocycles. The zero-order chi connectivity index (χ0) is 30.3.